The fourth-order valence-electron chi connectivity index (χ4n) is 1.56. The highest BCUT2D eigenvalue weighted by Gasteiger charge is 2.08. The van der Waals surface area contributed by atoms with Crippen molar-refractivity contribution in [3.8, 4) is 0 Å². The van der Waals surface area contributed by atoms with Gasteiger partial charge in [0.1, 0.15) is 0 Å². The van der Waals surface area contributed by atoms with Gasteiger partial charge in [-0.3, -0.25) is 4.79 Å². The van der Waals surface area contributed by atoms with Crippen molar-refractivity contribution in [2.75, 3.05) is 11.1 Å². The summed E-state index contributed by atoms with van der Waals surface area (Å²) in [4.78, 5) is 12.0. The molecule has 98 valence electrons. The molecule has 0 saturated carbocycles. The first-order valence-corrected chi connectivity index (χ1v) is 6.35. The zero-order valence-electron chi connectivity index (χ0n) is 10.2. The molecule has 0 unspecified atom stereocenters. The van der Waals surface area contributed by atoms with Gasteiger partial charge in [0.2, 0.25) is 0 Å². The van der Waals surface area contributed by atoms with E-state index >= 15 is 0 Å². The van der Waals surface area contributed by atoms with Crippen LogP contribution in [0.2, 0.25) is 10.0 Å². The lowest BCUT2D eigenvalue weighted by molar-refractivity contribution is 0.102. The maximum atomic E-state index is 12.0. The zero-order valence-corrected chi connectivity index (χ0v) is 11.7. The van der Waals surface area contributed by atoms with Gasteiger partial charge in [-0.2, -0.15) is 0 Å². The average Bonchev–Trinajstić information content (AvgIpc) is 2.37. The van der Waals surface area contributed by atoms with Gasteiger partial charge in [-0.05, 0) is 42.8 Å². The molecule has 2 rings (SSSR count). The molecule has 0 saturated heterocycles. The van der Waals surface area contributed by atoms with Crippen LogP contribution in [0.15, 0.2) is 36.4 Å². The molecule has 2 aromatic rings. The van der Waals surface area contributed by atoms with Crippen LogP contribution in [0, 0.1) is 6.92 Å². The maximum absolute atomic E-state index is 12.0. The van der Waals surface area contributed by atoms with E-state index in [1.807, 2.05) is 6.92 Å². The predicted octanol–water partition coefficient (Wildman–Crippen LogP) is 4.14. The number of nitrogens with one attached hydrogen (secondary N) is 1. The van der Waals surface area contributed by atoms with Gasteiger partial charge >= 0.3 is 0 Å². The molecule has 1 amide bonds. The van der Waals surface area contributed by atoms with Gasteiger partial charge in [-0.25, -0.2) is 0 Å². The van der Waals surface area contributed by atoms with Crippen molar-refractivity contribution in [2.45, 2.75) is 6.92 Å². The summed E-state index contributed by atoms with van der Waals surface area (Å²) < 4.78 is 0. The van der Waals surface area contributed by atoms with Crippen LogP contribution in [-0.4, -0.2) is 5.91 Å². The summed E-state index contributed by atoms with van der Waals surface area (Å²) in [5, 5.41) is 3.57. The number of nitrogen functional groups attached to an aromatic ring is 1. The molecule has 2 aromatic carbocycles. The number of carbonyl (C=O) groups is 1. The van der Waals surface area contributed by atoms with Crippen molar-refractivity contribution in [3.63, 3.8) is 0 Å². The Kier molecular flexibility index (Phi) is 3.98. The van der Waals surface area contributed by atoms with Gasteiger partial charge in [0.05, 0.1) is 10.0 Å². The SMILES string of the molecule is Cc1ccc(C(=O)Nc2ccc(Cl)c(Cl)c2)cc1N. The number of benzene rings is 2. The van der Waals surface area contributed by atoms with E-state index in [1.165, 1.54) is 0 Å². The van der Waals surface area contributed by atoms with E-state index in [0.29, 0.717) is 27.0 Å². The number of aryl methyl sites for hydroxylation is 1. The molecule has 0 atom stereocenters. The van der Waals surface area contributed by atoms with E-state index in [2.05, 4.69) is 5.32 Å². The lowest BCUT2D eigenvalue weighted by atomic mass is 10.1. The first-order valence-electron chi connectivity index (χ1n) is 5.60. The van der Waals surface area contributed by atoms with Crippen LogP contribution in [0.25, 0.3) is 0 Å². The standard InChI is InChI=1S/C14H12Cl2N2O/c1-8-2-3-9(6-13(8)17)14(19)18-10-4-5-11(15)12(16)7-10/h2-7H,17H2,1H3,(H,18,19). The van der Waals surface area contributed by atoms with Crippen molar-refractivity contribution in [1.82, 2.24) is 0 Å². The quantitative estimate of drug-likeness (QED) is 0.818. The van der Waals surface area contributed by atoms with Gasteiger partial charge in [-0.1, -0.05) is 29.3 Å². The molecule has 0 aromatic heterocycles. The smallest absolute Gasteiger partial charge is 0.255 e. The van der Waals surface area contributed by atoms with Crippen molar-refractivity contribution in [2.24, 2.45) is 0 Å². The highest BCUT2D eigenvalue weighted by atomic mass is 35.5. The molecule has 5 heteroatoms. The molecule has 0 radical (unpaired) electrons. The third-order valence-electron chi connectivity index (χ3n) is 2.72. The predicted molar refractivity (Wildman–Crippen MR) is 80.0 cm³/mol. The Morgan fingerprint density at radius 3 is 2.47 bits per heavy atom. The zero-order chi connectivity index (χ0) is 14.0. The van der Waals surface area contributed by atoms with Crippen molar-refractivity contribution < 1.29 is 4.79 Å². The first-order chi connectivity index (χ1) is 8.97. The van der Waals surface area contributed by atoms with Gasteiger partial charge in [0, 0.05) is 16.9 Å². The minimum Gasteiger partial charge on any atom is -0.398 e. The minimum absolute atomic E-state index is 0.245. The monoisotopic (exact) mass is 294 g/mol. The van der Waals surface area contributed by atoms with Gasteiger partial charge < -0.3 is 11.1 Å². The number of anilines is 2. The van der Waals surface area contributed by atoms with E-state index in [9.17, 15) is 4.79 Å². The second kappa shape index (κ2) is 5.51. The molecular formula is C14H12Cl2N2O. The van der Waals surface area contributed by atoms with E-state index < -0.39 is 0 Å². The van der Waals surface area contributed by atoms with Crippen molar-refractivity contribution in [3.05, 3.63) is 57.6 Å². The molecule has 0 bridgehead atoms. The molecular weight excluding hydrogens is 283 g/mol. The number of hydrogen-bond donors (Lipinski definition) is 2. The van der Waals surface area contributed by atoms with E-state index in [1.54, 1.807) is 36.4 Å². The first kappa shape index (κ1) is 13.7. The highest BCUT2D eigenvalue weighted by Crippen LogP contribution is 2.25. The van der Waals surface area contributed by atoms with Crippen LogP contribution in [0.5, 0.6) is 0 Å². The minimum atomic E-state index is -0.245. The lowest BCUT2D eigenvalue weighted by Gasteiger charge is -2.08. The van der Waals surface area contributed by atoms with Crippen LogP contribution in [0.3, 0.4) is 0 Å². The maximum Gasteiger partial charge on any atom is 0.255 e. The number of halogens is 2. The second-order valence-corrected chi connectivity index (χ2v) is 4.97. The normalized spacial score (nSPS) is 10.3. The lowest BCUT2D eigenvalue weighted by Crippen LogP contribution is -2.12. The van der Waals surface area contributed by atoms with Crippen molar-refractivity contribution in [1.29, 1.82) is 0 Å². The second-order valence-electron chi connectivity index (χ2n) is 4.15. The number of carbonyl (C=O) groups excluding carboxylic acids is 1. The third-order valence-corrected chi connectivity index (χ3v) is 3.46. The largest absolute Gasteiger partial charge is 0.398 e. The average molecular weight is 295 g/mol. The molecule has 19 heavy (non-hydrogen) atoms. The van der Waals surface area contributed by atoms with Crippen LogP contribution in [0.4, 0.5) is 11.4 Å². The Morgan fingerprint density at radius 2 is 1.84 bits per heavy atom. The Labute approximate surface area is 121 Å². The van der Waals surface area contributed by atoms with E-state index in [4.69, 9.17) is 28.9 Å². The number of rotatable bonds is 2. The van der Waals surface area contributed by atoms with Crippen LogP contribution < -0.4 is 11.1 Å². The fourth-order valence-corrected chi connectivity index (χ4v) is 1.86. The van der Waals surface area contributed by atoms with Crippen LogP contribution in [0.1, 0.15) is 15.9 Å². The molecule has 0 aliphatic carbocycles. The number of amides is 1. The Hall–Kier alpha value is -1.71. The number of hydrogen-bond acceptors (Lipinski definition) is 2. The topological polar surface area (TPSA) is 55.1 Å². The molecule has 0 spiro atoms. The van der Waals surface area contributed by atoms with Crippen LogP contribution >= 0.6 is 23.2 Å². The molecule has 3 nitrogen and oxygen atoms in total. The molecule has 0 aliphatic rings. The Bertz CT molecular complexity index is 641. The molecule has 3 N–H and O–H groups in total. The Morgan fingerprint density at radius 1 is 1.11 bits per heavy atom. The summed E-state index contributed by atoms with van der Waals surface area (Å²) in [6.07, 6.45) is 0. The Balaban J connectivity index is 2.20. The van der Waals surface area contributed by atoms with Gasteiger partial charge in [0.25, 0.3) is 5.91 Å². The number of nitrogens with two attached hydrogens (primary N) is 1. The highest BCUT2D eigenvalue weighted by molar-refractivity contribution is 6.42. The van der Waals surface area contributed by atoms with Gasteiger partial charge in [-0.15, -0.1) is 0 Å². The van der Waals surface area contributed by atoms with Crippen LogP contribution in [-0.2, 0) is 0 Å². The van der Waals surface area contributed by atoms with E-state index in [0.717, 1.165) is 5.56 Å². The summed E-state index contributed by atoms with van der Waals surface area (Å²) >= 11 is 11.7. The summed E-state index contributed by atoms with van der Waals surface area (Å²) in [5.41, 5.74) is 8.38. The summed E-state index contributed by atoms with van der Waals surface area (Å²) in [6, 6.07) is 10.1. The summed E-state index contributed by atoms with van der Waals surface area (Å²) in [5.74, 6) is -0.245. The molecule has 0 fully saturated rings. The fraction of sp³-hybridized carbons (Fsp3) is 0.0714. The van der Waals surface area contributed by atoms with E-state index in [-0.39, 0.29) is 5.91 Å². The summed E-state index contributed by atoms with van der Waals surface area (Å²) in [7, 11) is 0. The van der Waals surface area contributed by atoms with Gasteiger partial charge in [0.15, 0.2) is 0 Å². The van der Waals surface area contributed by atoms with Crippen molar-refractivity contribution >= 4 is 40.5 Å². The third kappa shape index (κ3) is 3.19. The molecule has 0 heterocycles. The molecule has 0 aliphatic heterocycles. The summed E-state index contributed by atoms with van der Waals surface area (Å²) in [6.45, 7) is 1.88.